The summed E-state index contributed by atoms with van der Waals surface area (Å²) in [4.78, 5) is 63.8. The third-order valence-corrected chi connectivity index (χ3v) is 23.1. The van der Waals surface area contributed by atoms with Crippen LogP contribution in [-0.2, 0) is 48.0 Å². The van der Waals surface area contributed by atoms with E-state index in [1.165, 1.54) is 59.6 Å². The number of nitrogens with zero attached hydrogens (tertiary/aromatic N) is 18. The lowest BCUT2D eigenvalue weighted by atomic mass is 10.0. The molecule has 6 amide bonds. The molecule has 6 aliphatic heterocycles. The number of hydrogen-bond donors (Lipinski definition) is 6. The van der Waals surface area contributed by atoms with Crippen LogP contribution in [-0.4, -0.2) is 250 Å². The van der Waals surface area contributed by atoms with E-state index in [1.807, 2.05) is 114 Å². The first-order chi connectivity index (χ1) is 60.1. The summed E-state index contributed by atoms with van der Waals surface area (Å²) in [6, 6.07) is 30.4. The number of benzene rings is 3. The van der Waals surface area contributed by atoms with E-state index in [9.17, 15) is 40.7 Å². The second-order valence-corrected chi connectivity index (χ2v) is 31.6. The van der Waals surface area contributed by atoms with E-state index in [1.54, 1.807) is 59.3 Å². The van der Waals surface area contributed by atoms with Crippen molar-refractivity contribution in [1.82, 2.24) is 103 Å². The Morgan fingerprint density at radius 2 is 0.815 bits per heavy atom. The molecule has 32 nitrogen and oxygen atoms in total. The van der Waals surface area contributed by atoms with Crippen molar-refractivity contribution in [3.8, 4) is 51.0 Å². The number of hydrogen-bond acceptors (Lipinski definition) is 19. The number of halogens is 6. The molecule has 0 saturated carbocycles. The summed E-state index contributed by atoms with van der Waals surface area (Å²) in [5, 5.41) is 37.4. The van der Waals surface area contributed by atoms with Crippen molar-refractivity contribution in [3.63, 3.8) is 0 Å². The van der Waals surface area contributed by atoms with Gasteiger partial charge in [-0.2, -0.15) is 20.4 Å². The monoisotopic (exact) mass is 1710 g/mol. The van der Waals surface area contributed by atoms with Gasteiger partial charge in [-0.05, 0) is 88.2 Å². The van der Waals surface area contributed by atoms with Gasteiger partial charge in [0.25, 0.3) is 0 Å². The highest BCUT2D eigenvalue weighted by atomic mass is 19.2. The number of fused-ring (bicyclic) bond motifs is 1. The number of likely N-dealkylation sites (tertiary alicyclic amines) is 3. The molecule has 0 spiro atoms. The summed E-state index contributed by atoms with van der Waals surface area (Å²) < 4.78 is 123. The van der Waals surface area contributed by atoms with E-state index in [4.69, 9.17) is 44.1 Å². The van der Waals surface area contributed by atoms with Crippen LogP contribution in [0.3, 0.4) is 0 Å². The number of carbonyl (C=O) groups is 3. The zero-order valence-corrected chi connectivity index (χ0v) is 69.1. The maximum Gasteiger partial charge on any atom is 0.320 e. The van der Waals surface area contributed by atoms with Crippen LogP contribution in [0.2, 0.25) is 0 Å². The highest BCUT2D eigenvalue weighted by molar-refractivity contribution is 5.93. The average Bonchev–Trinajstić information content (AvgIpc) is 1.50. The largest absolute Gasteiger partial charge is 0.383 e. The highest BCUT2D eigenvalue weighted by Gasteiger charge is 2.46. The molecule has 650 valence electrons. The molecule has 6 aliphatic rings. The minimum absolute atomic E-state index is 0.0495. The van der Waals surface area contributed by atoms with E-state index >= 15 is 0 Å². The summed E-state index contributed by atoms with van der Waals surface area (Å²) in [6.07, 6.45) is 16.7. The van der Waals surface area contributed by atoms with Gasteiger partial charge in [-0.15, -0.1) is 0 Å². The van der Waals surface area contributed by atoms with Crippen molar-refractivity contribution >= 4 is 35.5 Å². The van der Waals surface area contributed by atoms with Crippen LogP contribution >= 0.6 is 0 Å². The molecule has 18 rings (SSSR count). The minimum Gasteiger partial charge on any atom is -0.383 e. The van der Waals surface area contributed by atoms with Crippen LogP contribution in [0.25, 0.3) is 51.0 Å². The first-order valence-corrected chi connectivity index (χ1v) is 40.9. The summed E-state index contributed by atoms with van der Waals surface area (Å²) in [5.41, 5.74) is 5.98. The number of para-hydroxylation sites is 3. The van der Waals surface area contributed by atoms with Crippen LogP contribution in [0, 0.1) is 44.0 Å². The van der Waals surface area contributed by atoms with Gasteiger partial charge in [-0.3, -0.25) is 35.3 Å². The molecule has 12 aromatic rings. The van der Waals surface area contributed by atoms with E-state index in [0.29, 0.717) is 129 Å². The number of amides is 6. The van der Waals surface area contributed by atoms with E-state index < -0.39 is 47.1 Å². The Morgan fingerprint density at radius 3 is 1.15 bits per heavy atom. The first kappa shape index (κ1) is 85.1. The first-order valence-electron chi connectivity index (χ1n) is 40.9. The van der Waals surface area contributed by atoms with Crippen LogP contribution in [0.15, 0.2) is 171 Å². The maximum atomic E-state index is 14.7. The molecule has 5 saturated heterocycles. The normalized spacial score (nSPS) is 19.5. The van der Waals surface area contributed by atoms with E-state index in [0.717, 1.165) is 66.7 Å². The van der Waals surface area contributed by atoms with Crippen molar-refractivity contribution < 1.29 is 64.4 Å². The van der Waals surface area contributed by atoms with Gasteiger partial charge < -0.3 is 53.3 Å². The van der Waals surface area contributed by atoms with Gasteiger partial charge in [0, 0.05) is 182 Å². The number of carbonyl (C=O) groups excluding carboxylic acids is 3. The molecule has 0 aliphatic carbocycles. The Labute approximate surface area is 709 Å². The Balaban J connectivity index is 0.000000138. The fraction of sp³-hybridized carbons (Fsp3) is 0.384. The highest BCUT2D eigenvalue weighted by Crippen LogP contribution is 2.39. The molecular weight excluding hydrogens is 1610 g/mol. The van der Waals surface area contributed by atoms with Crippen molar-refractivity contribution in [3.05, 3.63) is 228 Å². The second-order valence-electron chi connectivity index (χ2n) is 31.6. The topological polar surface area (TPSA) is 317 Å². The second kappa shape index (κ2) is 37.3. The quantitative estimate of drug-likeness (QED) is 0.0274. The lowest BCUT2D eigenvalue weighted by Crippen LogP contribution is -2.43. The van der Waals surface area contributed by atoms with Gasteiger partial charge in [0.05, 0.1) is 99.6 Å². The number of urea groups is 3. The van der Waals surface area contributed by atoms with Gasteiger partial charge in [0.2, 0.25) is 11.3 Å². The number of nitrogens with one attached hydrogen (secondary N) is 6. The molecule has 0 bridgehead atoms. The average molecular weight is 1710 g/mol. The van der Waals surface area contributed by atoms with Gasteiger partial charge >= 0.3 is 18.1 Å². The van der Waals surface area contributed by atoms with Gasteiger partial charge in [0.1, 0.15) is 51.9 Å². The molecule has 124 heavy (non-hydrogen) atoms. The predicted octanol–water partition coefficient (Wildman–Crippen LogP) is 10.7. The van der Waals surface area contributed by atoms with Crippen LogP contribution in [0.4, 0.5) is 58.2 Å². The number of alkyl halides is 2. The van der Waals surface area contributed by atoms with Crippen molar-refractivity contribution in [2.75, 3.05) is 142 Å². The van der Waals surface area contributed by atoms with Crippen molar-refractivity contribution in [2.24, 2.45) is 0 Å². The lowest BCUT2D eigenvalue weighted by Gasteiger charge is -2.31. The Bertz CT molecular complexity index is 5640. The Kier molecular flexibility index (Phi) is 25.6. The molecule has 38 heteroatoms. The summed E-state index contributed by atoms with van der Waals surface area (Å²) >= 11 is 0. The standard InChI is InChI=1S/C29H31F3N8O3.C29H32F2N8O3.C28H33FN8O2/c1-18-25(19-10-33-27(34-11-19)29(32)16-43-17-29)37-40(20-6-4-3-5-7-20)26(18)36-28(41)35-23-14-38(8-9-42-2)15-24(23)39-12-21(30)22(31)13-39;1-19-25(20-12-32-27(33-13-20)29(31)17-42-18-29)36-39(22-6-4-3-5-7-22)26(19)35-28(40)34-23-15-37(10-11-41-2)16-24(23)38-9-8-21(30)14-38;1-19-26(23-15-22-9-6-11-36(22)32-23)33-37(21-7-4-3-5-8-21)27(19)31-28(38)30-24-17-34(13-14-39-2)18-25(24)35-12-10-20(29)16-35/h3-7,10-13,23-24H,8-9,14-17H2,1-2H3,(H2,35,36,41);3-9,12-14,23-24H,10-11,15-18H2,1-2H3,(H2,34,35,40);3-5,7-8,10,12,15-16,24-25H,6,9,11,13-14,17-18H2,1-2H3,(H2,30,31,38). The fourth-order valence-corrected chi connectivity index (χ4v) is 16.4. The SMILES string of the molecule is COCCN1CC(NC(=O)Nc2c(C)c(-c3cc4n(n3)CCC4)nn2-c2ccccc2)C(n2ccc(F)c2)C1.COCCN1CC(NC(=O)Nc2c(C)c(-c3cnc(C4(F)COC4)nc3)nn2-c2ccccc2)C(n2cc(F)c(F)c2)C1.COCCN1CC(NC(=O)Nc2c(C)c(-c3cnc(C4(F)COC4)nc3)nn2-c2ccccc2)C(n2ccc(F)c2)C1. The molecule has 5 fully saturated rings. The molecule has 6 atom stereocenters. The van der Waals surface area contributed by atoms with E-state index in [2.05, 4.69) is 72.6 Å². The summed E-state index contributed by atoms with van der Waals surface area (Å²) in [5.74, 6) is -0.958. The number of anilines is 3. The number of ether oxygens (including phenoxy) is 5. The van der Waals surface area contributed by atoms with Gasteiger partial charge in [0.15, 0.2) is 23.3 Å². The van der Waals surface area contributed by atoms with Crippen LogP contribution in [0.5, 0.6) is 0 Å². The molecular formula is C86H96F6N24O8. The molecule has 0 radical (unpaired) electrons. The molecule has 9 aromatic heterocycles. The fourth-order valence-electron chi connectivity index (χ4n) is 16.4. The van der Waals surface area contributed by atoms with Gasteiger partial charge in [-0.25, -0.2) is 74.7 Å². The summed E-state index contributed by atoms with van der Waals surface area (Å²) in [7, 11) is 4.91. The smallest absolute Gasteiger partial charge is 0.320 e. The molecule has 6 unspecified atom stereocenters. The molecule has 15 heterocycles. The maximum absolute atomic E-state index is 14.7. The number of methoxy groups -OCH3 is 3. The number of rotatable bonds is 26. The molecule has 3 aromatic carbocycles. The summed E-state index contributed by atoms with van der Waals surface area (Å²) in [6.45, 7) is 13.3. The Morgan fingerprint density at radius 1 is 0.460 bits per heavy atom. The van der Waals surface area contributed by atoms with Crippen molar-refractivity contribution in [1.29, 1.82) is 0 Å². The lowest BCUT2D eigenvalue weighted by molar-refractivity contribution is -0.140. The van der Waals surface area contributed by atoms with Gasteiger partial charge in [-0.1, -0.05) is 54.6 Å². The van der Waals surface area contributed by atoms with Crippen LogP contribution < -0.4 is 31.9 Å². The zero-order valence-electron chi connectivity index (χ0n) is 69.1. The third kappa shape index (κ3) is 18.6. The predicted molar refractivity (Wildman–Crippen MR) is 447 cm³/mol. The van der Waals surface area contributed by atoms with E-state index in [-0.39, 0.29) is 79.9 Å². The Hall–Kier alpha value is -12.4. The van der Waals surface area contributed by atoms with Crippen molar-refractivity contribution in [2.45, 2.75) is 87.7 Å². The van der Waals surface area contributed by atoms with Crippen LogP contribution in [0.1, 0.15) is 58.6 Å². The number of aryl methyl sites for hydroxylation is 2. The minimum atomic E-state index is -1.70. The number of aromatic nitrogens is 15. The molecule has 6 N–H and O–H groups in total. The third-order valence-electron chi connectivity index (χ3n) is 23.1. The zero-order chi connectivity index (χ0) is 86.3.